The molecule has 1 amide bonds. The van der Waals surface area contributed by atoms with Gasteiger partial charge in [0.15, 0.2) is 0 Å². The number of rotatable bonds is 13. The summed E-state index contributed by atoms with van der Waals surface area (Å²) in [6.07, 6.45) is 10.3. The normalized spacial score (nSPS) is 19.3. The second kappa shape index (κ2) is 12.0. The molecule has 1 fully saturated rings. The molecule has 138 valence electrons. The number of nitrogens with zero attached hydrogens (tertiary/aromatic N) is 1. The standard InChI is InChI=1S/C18H31NO5/c1-2-3-4-7-16(20)10-8-15-9-11-17(21)19(15)12-5-6-13-24-14-18(22)23/h8,10,15-16,20H,2-7,9,11-14H2,1H3,(H,22,23)/t15-,16?/m0/s1. The van der Waals surface area contributed by atoms with Crippen molar-refractivity contribution in [1.29, 1.82) is 0 Å². The van der Waals surface area contributed by atoms with Crippen LogP contribution in [0.15, 0.2) is 12.2 Å². The summed E-state index contributed by atoms with van der Waals surface area (Å²) in [5.41, 5.74) is 0. The first-order valence-corrected chi connectivity index (χ1v) is 9.00. The van der Waals surface area contributed by atoms with Gasteiger partial charge in [-0.25, -0.2) is 4.79 Å². The van der Waals surface area contributed by atoms with Gasteiger partial charge in [0, 0.05) is 19.6 Å². The molecule has 0 aromatic carbocycles. The van der Waals surface area contributed by atoms with Gasteiger partial charge in [0.25, 0.3) is 0 Å². The Kier molecular flexibility index (Phi) is 10.4. The van der Waals surface area contributed by atoms with E-state index < -0.39 is 12.1 Å². The predicted molar refractivity (Wildman–Crippen MR) is 91.7 cm³/mol. The van der Waals surface area contributed by atoms with Crippen LogP contribution >= 0.6 is 0 Å². The lowest BCUT2D eigenvalue weighted by atomic mass is 10.1. The fourth-order valence-electron chi connectivity index (χ4n) is 2.85. The molecule has 0 spiro atoms. The minimum atomic E-state index is -0.965. The van der Waals surface area contributed by atoms with E-state index in [1.807, 2.05) is 17.1 Å². The summed E-state index contributed by atoms with van der Waals surface area (Å²) < 4.78 is 4.99. The second-order valence-electron chi connectivity index (χ2n) is 6.29. The van der Waals surface area contributed by atoms with Crippen LogP contribution in [0.1, 0.15) is 58.3 Å². The summed E-state index contributed by atoms with van der Waals surface area (Å²) >= 11 is 0. The number of carbonyl (C=O) groups is 2. The maximum absolute atomic E-state index is 12.0. The smallest absolute Gasteiger partial charge is 0.329 e. The van der Waals surface area contributed by atoms with Crippen LogP contribution in [-0.4, -0.2) is 58.9 Å². The topological polar surface area (TPSA) is 87.1 Å². The average molecular weight is 341 g/mol. The number of amides is 1. The Morgan fingerprint density at radius 3 is 2.88 bits per heavy atom. The molecule has 6 heteroatoms. The van der Waals surface area contributed by atoms with Gasteiger partial charge in [-0.15, -0.1) is 0 Å². The van der Waals surface area contributed by atoms with E-state index in [1.54, 1.807) is 0 Å². The number of aliphatic hydroxyl groups is 1. The Hall–Kier alpha value is -1.40. The third-order valence-electron chi connectivity index (χ3n) is 4.20. The van der Waals surface area contributed by atoms with Gasteiger partial charge in [-0.05, 0) is 25.7 Å². The fraction of sp³-hybridized carbons (Fsp3) is 0.778. The molecule has 1 saturated heterocycles. The van der Waals surface area contributed by atoms with Gasteiger partial charge in [-0.3, -0.25) is 4.79 Å². The highest BCUT2D eigenvalue weighted by Gasteiger charge is 2.28. The highest BCUT2D eigenvalue weighted by molar-refractivity contribution is 5.79. The van der Waals surface area contributed by atoms with E-state index >= 15 is 0 Å². The van der Waals surface area contributed by atoms with Crippen molar-refractivity contribution in [2.45, 2.75) is 70.4 Å². The molecule has 0 aromatic rings. The first-order chi connectivity index (χ1) is 11.5. The van der Waals surface area contributed by atoms with Crippen molar-refractivity contribution in [3.05, 3.63) is 12.2 Å². The van der Waals surface area contributed by atoms with Crippen molar-refractivity contribution < 1.29 is 24.5 Å². The Labute approximate surface area is 144 Å². The molecular weight excluding hydrogens is 310 g/mol. The van der Waals surface area contributed by atoms with Crippen LogP contribution in [0, 0.1) is 0 Å². The Bertz CT molecular complexity index is 410. The number of aliphatic hydroxyl groups excluding tert-OH is 1. The maximum atomic E-state index is 12.0. The molecule has 0 saturated carbocycles. The lowest BCUT2D eigenvalue weighted by Gasteiger charge is -2.22. The lowest BCUT2D eigenvalue weighted by Crippen LogP contribution is -2.33. The minimum absolute atomic E-state index is 0.0678. The van der Waals surface area contributed by atoms with E-state index in [2.05, 4.69) is 6.92 Å². The molecule has 1 rings (SSSR count). The number of likely N-dealkylation sites (tertiary alicyclic amines) is 1. The summed E-state index contributed by atoms with van der Waals surface area (Å²) in [5.74, 6) is -0.816. The average Bonchev–Trinajstić information content (AvgIpc) is 2.89. The van der Waals surface area contributed by atoms with Gasteiger partial charge in [0.1, 0.15) is 6.61 Å². The summed E-state index contributed by atoms with van der Waals surface area (Å²) in [5, 5.41) is 18.4. The third kappa shape index (κ3) is 8.45. The third-order valence-corrected chi connectivity index (χ3v) is 4.20. The van der Waals surface area contributed by atoms with Gasteiger partial charge in [0.2, 0.25) is 5.91 Å². The Morgan fingerprint density at radius 1 is 1.38 bits per heavy atom. The van der Waals surface area contributed by atoms with Crippen LogP contribution in [0.5, 0.6) is 0 Å². The number of aliphatic carboxylic acids is 1. The second-order valence-corrected chi connectivity index (χ2v) is 6.29. The quantitative estimate of drug-likeness (QED) is 0.397. The van der Waals surface area contributed by atoms with Gasteiger partial charge in [-0.1, -0.05) is 38.3 Å². The van der Waals surface area contributed by atoms with Crippen LogP contribution in [-0.2, 0) is 14.3 Å². The van der Waals surface area contributed by atoms with Crippen molar-refractivity contribution in [2.75, 3.05) is 19.8 Å². The largest absolute Gasteiger partial charge is 0.480 e. The Morgan fingerprint density at radius 2 is 2.17 bits per heavy atom. The summed E-state index contributed by atoms with van der Waals surface area (Å²) in [7, 11) is 0. The van der Waals surface area contributed by atoms with E-state index in [9.17, 15) is 14.7 Å². The molecular formula is C18H31NO5. The van der Waals surface area contributed by atoms with Crippen molar-refractivity contribution in [1.82, 2.24) is 4.90 Å². The molecule has 1 aliphatic heterocycles. The van der Waals surface area contributed by atoms with Gasteiger partial charge < -0.3 is 19.8 Å². The van der Waals surface area contributed by atoms with Gasteiger partial charge in [0.05, 0.1) is 12.1 Å². The van der Waals surface area contributed by atoms with E-state index in [1.165, 1.54) is 0 Å². The van der Waals surface area contributed by atoms with Crippen molar-refractivity contribution in [2.24, 2.45) is 0 Å². The number of hydrogen-bond acceptors (Lipinski definition) is 4. The number of hydrogen-bond donors (Lipinski definition) is 2. The highest BCUT2D eigenvalue weighted by Crippen LogP contribution is 2.21. The minimum Gasteiger partial charge on any atom is -0.480 e. The van der Waals surface area contributed by atoms with Crippen molar-refractivity contribution in [3.63, 3.8) is 0 Å². The van der Waals surface area contributed by atoms with E-state index in [-0.39, 0.29) is 18.6 Å². The number of unbranched alkanes of at least 4 members (excludes halogenated alkanes) is 3. The van der Waals surface area contributed by atoms with Crippen LogP contribution in [0.3, 0.4) is 0 Å². The maximum Gasteiger partial charge on any atom is 0.329 e. The summed E-state index contributed by atoms with van der Waals surface area (Å²) in [4.78, 5) is 24.2. The van der Waals surface area contributed by atoms with Gasteiger partial charge in [-0.2, -0.15) is 0 Å². The molecule has 2 N–H and O–H groups in total. The van der Waals surface area contributed by atoms with Gasteiger partial charge >= 0.3 is 5.97 Å². The molecule has 0 aliphatic carbocycles. The summed E-state index contributed by atoms with van der Waals surface area (Å²) in [6, 6.07) is 0.0678. The molecule has 0 aromatic heterocycles. The van der Waals surface area contributed by atoms with Crippen molar-refractivity contribution in [3.8, 4) is 0 Å². The molecule has 2 atom stereocenters. The SMILES string of the molecule is CCCCCC(O)C=C[C@H]1CCC(=O)N1CCCCOCC(=O)O. The first-order valence-electron chi connectivity index (χ1n) is 9.00. The van der Waals surface area contributed by atoms with Crippen LogP contribution in [0.25, 0.3) is 0 Å². The molecule has 6 nitrogen and oxygen atoms in total. The molecule has 1 unspecified atom stereocenters. The number of carboxylic acids is 1. The fourth-order valence-corrected chi connectivity index (χ4v) is 2.85. The zero-order valence-corrected chi connectivity index (χ0v) is 14.7. The van der Waals surface area contributed by atoms with Crippen LogP contribution in [0.2, 0.25) is 0 Å². The van der Waals surface area contributed by atoms with E-state index in [0.717, 1.165) is 44.9 Å². The molecule has 0 bridgehead atoms. The first kappa shape index (κ1) is 20.6. The number of carbonyl (C=O) groups excluding carboxylic acids is 1. The van der Waals surface area contributed by atoms with Crippen LogP contribution in [0.4, 0.5) is 0 Å². The zero-order valence-electron chi connectivity index (χ0n) is 14.7. The number of ether oxygens (including phenoxy) is 1. The zero-order chi connectivity index (χ0) is 17.8. The molecule has 0 radical (unpaired) electrons. The Balaban J connectivity index is 2.28. The van der Waals surface area contributed by atoms with Crippen molar-refractivity contribution >= 4 is 11.9 Å². The summed E-state index contributed by atoms with van der Waals surface area (Å²) in [6.45, 7) is 2.90. The predicted octanol–water partition coefficient (Wildman–Crippen LogP) is 2.36. The van der Waals surface area contributed by atoms with E-state index in [4.69, 9.17) is 9.84 Å². The lowest BCUT2D eigenvalue weighted by molar-refractivity contribution is -0.142. The van der Waals surface area contributed by atoms with E-state index in [0.29, 0.717) is 19.6 Å². The molecule has 1 heterocycles. The number of carboxylic acid groups (broad SMARTS) is 1. The molecule has 24 heavy (non-hydrogen) atoms. The molecule has 1 aliphatic rings. The highest BCUT2D eigenvalue weighted by atomic mass is 16.5. The van der Waals surface area contributed by atoms with Crippen LogP contribution < -0.4 is 0 Å². The monoisotopic (exact) mass is 341 g/mol.